The van der Waals surface area contributed by atoms with Gasteiger partial charge in [0.2, 0.25) is 5.91 Å². The van der Waals surface area contributed by atoms with E-state index in [-0.39, 0.29) is 11.9 Å². The summed E-state index contributed by atoms with van der Waals surface area (Å²) in [4.78, 5) is 16.5. The zero-order valence-electron chi connectivity index (χ0n) is 13.5. The molecule has 0 spiro atoms. The Hall–Kier alpha value is -2.17. The average molecular weight is 301 g/mol. The molecule has 0 aliphatic rings. The van der Waals surface area contributed by atoms with Crippen molar-refractivity contribution in [3.63, 3.8) is 0 Å². The molecule has 0 N–H and O–H groups in total. The van der Waals surface area contributed by atoms with Crippen molar-refractivity contribution in [2.45, 2.75) is 46.5 Å². The summed E-state index contributed by atoms with van der Waals surface area (Å²) in [6.07, 6.45) is 3.33. The van der Waals surface area contributed by atoms with E-state index in [4.69, 9.17) is 4.74 Å². The zero-order valence-corrected chi connectivity index (χ0v) is 13.5. The molecule has 1 heterocycles. The molecule has 0 aliphatic heterocycles. The van der Waals surface area contributed by atoms with E-state index in [0.29, 0.717) is 18.9 Å². The molecule has 1 aromatic heterocycles. The summed E-state index contributed by atoms with van der Waals surface area (Å²) in [6, 6.07) is 8.30. The van der Waals surface area contributed by atoms with Crippen LogP contribution in [0.3, 0.4) is 0 Å². The summed E-state index contributed by atoms with van der Waals surface area (Å²) in [6.45, 7) is 6.58. The van der Waals surface area contributed by atoms with Crippen LogP contribution in [0.4, 0.5) is 0 Å². The third-order valence-corrected chi connectivity index (χ3v) is 3.48. The first-order valence-electron chi connectivity index (χ1n) is 7.91. The van der Waals surface area contributed by atoms with Crippen LogP contribution in [0.5, 0.6) is 6.01 Å². The molecular formula is C17H23N3O2. The number of aromatic nitrogens is 3. The summed E-state index contributed by atoms with van der Waals surface area (Å²) in [5, 5.41) is 4.21. The third-order valence-electron chi connectivity index (χ3n) is 3.48. The average Bonchev–Trinajstić information content (AvgIpc) is 2.98. The second-order valence-electron chi connectivity index (χ2n) is 5.13. The van der Waals surface area contributed by atoms with E-state index in [9.17, 15) is 4.79 Å². The first-order valence-corrected chi connectivity index (χ1v) is 7.91. The van der Waals surface area contributed by atoms with Crippen LogP contribution in [0.25, 0.3) is 11.4 Å². The van der Waals surface area contributed by atoms with Crippen LogP contribution in [0, 0.1) is 0 Å². The molecule has 2 rings (SSSR count). The van der Waals surface area contributed by atoms with E-state index in [1.807, 2.05) is 31.2 Å². The van der Waals surface area contributed by atoms with Crippen LogP contribution in [0.1, 0.15) is 50.4 Å². The molecule has 0 atom stereocenters. The van der Waals surface area contributed by atoms with Gasteiger partial charge in [-0.15, -0.1) is 5.10 Å². The lowest BCUT2D eigenvalue weighted by Gasteiger charge is -2.03. The Balaban J connectivity index is 2.32. The molecule has 0 saturated heterocycles. The highest BCUT2D eigenvalue weighted by molar-refractivity contribution is 5.82. The standard InChI is InChI=1S/C17H23N3O2/c1-4-7-12-22-17-18-16(20(19-17)15(21)6-3)14-10-8-13(5-2)9-11-14/h8-11H,4-7,12H2,1-3H3. The molecule has 5 heteroatoms. The van der Waals surface area contributed by atoms with Crippen molar-refractivity contribution < 1.29 is 9.53 Å². The second-order valence-corrected chi connectivity index (χ2v) is 5.13. The SMILES string of the molecule is CCCCOc1nc(-c2ccc(CC)cc2)n(C(=O)CC)n1. The van der Waals surface area contributed by atoms with E-state index in [0.717, 1.165) is 24.8 Å². The van der Waals surface area contributed by atoms with Gasteiger partial charge in [0, 0.05) is 12.0 Å². The Bertz CT molecular complexity index is 617. The highest BCUT2D eigenvalue weighted by atomic mass is 16.5. The minimum Gasteiger partial charge on any atom is -0.462 e. The van der Waals surface area contributed by atoms with Gasteiger partial charge in [0.25, 0.3) is 0 Å². The Morgan fingerprint density at radius 3 is 2.50 bits per heavy atom. The predicted molar refractivity (Wildman–Crippen MR) is 86.2 cm³/mol. The number of rotatable bonds is 7. The topological polar surface area (TPSA) is 57.0 Å². The number of carbonyl (C=O) groups is 1. The van der Waals surface area contributed by atoms with Gasteiger partial charge in [-0.05, 0) is 18.4 Å². The van der Waals surface area contributed by atoms with Gasteiger partial charge < -0.3 is 4.74 Å². The van der Waals surface area contributed by atoms with Gasteiger partial charge in [-0.25, -0.2) is 0 Å². The molecule has 0 fully saturated rings. The molecule has 0 bridgehead atoms. The van der Waals surface area contributed by atoms with E-state index in [2.05, 4.69) is 23.9 Å². The summed E-state index contributed by atoms with van der Waals surface area (Å²) in [5.41, 5.74) is 2.12. The molecule has 22 heavy (non-hydrogen) atoms. The quantitative estimate of drug-likeness (QED) is 0.731. The number of carbonyl (C=O) groups excluding carboxylic acids is 1. The molecule has 1 aromatic carbocycles. The molecule has 5 nitrogen and oxygen atoms in total. The molecule has 2 aromatic rings. The number of unbranched alkanes of at least 4 members (excludes halogenated alkanes) is 1. The number of benzene rings is 1. The van der Waals surface area contributed by atoms with Crippen LogP contribution >= 0.6 is 0 Å². The normalized spacial score (nSPS) is 10.7. The number of hydrogen-bond acceptors (Lipinski definition) is 4. The molecule has 0 radical (unpaired) electrons. The molecule has 0 amide bonds. The second kappa shape index (κ2) is 7.73. The molecular weight excluding hydrogens is 278 g/mol. The summed E-state index contributed by atoms with van der Waals surface area (Å²) < 4.78 is 6.88. The van der Waals surface area contributed by atoms with Crippen molar-refractivity contribution in [2.24, 2.45) is 0 Å². The lowest BCUT2D eigenvalue weighted by atomic mass is 10.1. The fourth-order valence-electron chi connectivity index (χ4n) is 2.06. The Labute approximate surface area is 131 Å². The van der Waals surface area contributed by atoms with Gasteiger partial charge in [-0.3, -0.25) is 4.79 Å². The predicted octanol–water partition coefficient (Wildman–Crippen LogP) is 3.74. The number of ether oxygens (including phenoxy) is 1. The van der Waals surface area contributed by atoms with Crippen LogP contribution < -0.4 is 4.74 Å². The maximum Gasteiger partial charge on any atom is 0.336 e. The largest absolute Gasteiger partial charge is 0.462 e. The molecule has 0 aliphatic carbocycles. The summed E-state index contributed by atoms with van der Waals surface area (Å²) in [5.74, 6) is 0.452. The van der Waals surface area contributed by atoms with E-state index < -0.39 is 0 Å². The Morgan fingerprint density at radius 2 is 1.91 bits per heavy atom. The zero-order chi connectivity index (χ0) is 15.9. The van der Waals surface area contributed by atoms with Crippen molar-refractivity contribution in [1.29, 1.82) is 0 Å². The van der Waals surface area contributed by atoms with Gasteiger partial charge in [-0.1, -0.05) is 51.5 Å². The van der Waals surface area contributed by atoms with Crippen molar-refractivity contribution in [1.82, 2.24) is 14.8 Å². The van der Waals surface area contributed by atoms with Gasteiger partial charge >= 0.3 is 6.01 Å². The number of hydrogen-bond donors (Lipinski definition) is 0. The third kappa shape index (κ3) is 3.72. The monoisotopic (exact) mass is 301 g/mol. The maximum atomic E-state index is 12.1. The fraction of sp³-hybridized carbons (Fsp3) is 0.471. The van der Waals surface area contributed by atoms with Gasteiger partial charge in [0.1, 0.15) is 0 Å². The lowest BCUT2D eigenvalue weighted by molar-refractivity contribution is 0.0892. The summed E-state index contributed by atoms with van der Waals surface area (Å²) >= 11 is 0. The minimum atomic E-state index is -0.0904. The van der Waals surface area contributed by atoms with Crippen LogP contribution in [0.15, 0.2) is 24.3 Å². The van der Waals surface area contributed by atoms with Crippen LogP contribution in [0.2, 0.25) is 0 Å². The Morgan fingerprint density at radius 1 is 1.18 bits per heavy atom. The highest BCUT2D eigenvalue weighted by Gasteiger charge is 2.17. The minimum absolute atomic E-state index is 0.0904. The number of nitrogens with zero attached hydrogens (tertiary/aromatic N) is 3. The lowest BCUT2D eigenvalue weighted by Crippen LogP contribution is -2.12. The van der Waals surface area contributed by atoms with E-state index >= 15 is 0 Å². The molecule has 118 valence electrons. The Kier molecular flexibility index (Phi) is 5.69. The molecule has 0 unspecified atom stereocenters. The maximum absolute atomic E-state index is 12.1. The van der Waals surface area contributed by atoms with Crippen molar-refractivity contribution in [3.05, 3.63) is 29.8 Å². The fourth-order valence-corrected chi connectivity index (χ4v) is 2.06. The van der Waals surface area contributed by atoms with Crippen LogP contribution in [-0.4, -0.2) is 27.3 Å². The summed E-state index contributed by atoms with van der Waals surface area (Å²) in [7, 11) is 0. The van der Waals surface area contributed by atoms with E-state index in [1.54, 1.807) is 0 Å². The van der Waals surface area contributed by atoms with E-state index in [1.165, 1.54) is 10.2 Å². The van der Waals surface area contributed by atoms with Gasteiger partial charge in [0.05, 0.1) is 6.61 Å². The first kappa shape index (κ1) is 16.2. The highest BCUT2D eigenvalue weighted by Crippen LogP contribution is 2.21. The van der Waals surface area contributed by atoms with Gasteiger partial charge in [0.15, 0.2) is 5.82 Å². The first-order chi connectivity index (χ1) is 10.7. The van der Waals surface area contributed by atoms with Crippen LogP contribution in [-0.2, 0) is 6.42 Å². The smallest absolute Gasteiger partial charge is 0.336 e. The number of aryl methyl sites for hydroxylation is 1. The van der Waals surface area contributed by atoms with Gasteiger partial charge in [-0.2, -0.15) is 9.67 Å². The van der Waals surface area contributed by atoms with Crippen molar-refractivity contribution in [2.75, 3.05) is 6.61 Å². The molecule has 0 saturated carbocycles. The van der Waals surface area contributed by atoms with Crippen molar-refractivity contribution >= 4 is 5.91 Å². The van der Waals surface area contributed by atoms with Crippen molar-refractivity contribution in [3.8, 4) is 17.4 Å².